The lowest BCUT2D eigenvalue weighted by atomic mass is 9.93. The molecule has 0 aliphatic carbocycles. The van der Waals surface area contributed by atoms with E-state index in [1.54, 1.807) is 6.92 Å². The standard InChI is InChI=1S/C12H15ClF3NO2/c1-11(6-18,7-19)5-17-10-3-2-8(4-9(10)13)12(14,15)16/h2-4,17-19H,5-7H2,1H3. The van der Waals surface area contributed by atoms with Crippen LogP contribution in [0.2, 0.25) is 5.02 Å². The van der Waals surface area contributed by atoms with E-state index in [0.29, 0.717) is 5.69 Å². The molecule has 0 aliphatic rings. The van der Waals surface area contributed by atoms with Crippen LogP contribution < -0.4 is 5.32 Å². The van der Waals surface area contributed by atoms with Crippen molar-refractivity contribution >= 4 is 17.3 Å². The number of nitrogens with one attached hydrogen (secondary N) is 1. The van der Waals surface area contributed by atoms with Crippen LogP contribution in [0.5, 0.6) is 0 Å². The van der Waals surface area contributed by atoms with Crippen LogP contribution in [-0.4, -0.2) is 30.0 Å². The van der Waals surface area contributed by atoms with Crippen molar-refractivity contribution in [1.82, 2.24) is 0 Å². The van der Waals surface area contributed by atoms with Gasteiger partial charge in [0.1, 0.15) is 0 Å². The molecular formula is C12H15ClF3NO2. The Labute approximate surface area is 114 Å². The fraction of sp³-hybridized carbons (Fsp3) is 0.500. The maximum absolute atomic E-state index is 12.4. The highest BCUT2D eigenvalue weighted by Gasteiger charge is 2.31. The van der Waals surface area contributed by atoms with Crippen molar-refractivity contribution < 1.29 is 23.4 Å². The van der Waals surface area contributed by atoms with Gasteiger partial charge in [0.15, 0.2) is 0 Å². The molecule has 0 unspecified atom stereocenters. The molecule has 3 N–H and O–H groups in total. The van der Waals surface area contributed by atoms with E-state index in [2.05, 4.69) is 5.32 Å². The minimum atomic E-state index is -4.44. The van der Waals surface area contributed by atoms with Gasteiger partial charge in [-0.3, -0.25) is 0 Å². The second-order valence-corrected chi connectivity index (χ2v) is 5.08. The summed E-state index contributed by atoms with van der Waals surface area (Å²) in [4.78, 5) is 0. The van der Waals surface area contributed by atoms with Gasteiger partial charge in [-0.25, -0.2) is 0 Å². The number of hydrogen-bond acceptors (Lipinski definition) is 3. The quantitative estimate of drug-likeness (QED) is 0.783. The molecule has 0 fully saturated rings. The zero-order valence-corrected chi connectivity index (χ0v) is 11.0. The van der Waals surface area contributed by atoms with E-state index in [1.165, 1.54) is 6.07 Å². The number of aliphatic hydroxyl groups is 2. The lowest BCUT2D eigenvalue weighted by Crippen LogP contribution is -2.34. The summed E-state index contributed by atoms with van der Waals surface area (Å²) >= 11 is 5.76. The molecule has 0 radical (unpaired) electrons. The van der Waals surface area contributed by atoms with Gasteiger partial charge in [0.25, 0.3) is 0 Å². The predicted molar refractivity (Wildman–Crippen MR) is 67.2 cm³/mol. The van der Waals surface area contributed by atoms with Crippen LogP contribution in [0.25, 0.3) is 0 Å². The molecule has 0 aliphatic heterocycles. The highest BCUT2D eigenvalue weighted by Crippen LogP contribution is 2.34. The predicted octanol–water partition coefficient (Wildman–Crippen LogP) is 2.76. The second kappa shape index (κ2) is 5.98. The normalized spacial score (nSPS) is 12.6. The van der Waals surface area contributed by atoms with Gasteiger partial charge in [-0.1, -0.05) is 18.5 Å². The molecule has 108 valence electrons. The van der Waals surface area contributed by atoms with E-state index in [-0.39, 0.29) is 24.8 Å². The number of benzene rings is 1. The second-order valence-electron chi connectivity index (χ2n) is 4.67. The molecule has 19 heavy (non-hydrogen) atoms. The van der Waals surface area contributed by atoms with Crippen LogP contribution in [0, 0.1) is 5.41 Å². The lowest BCUT2D eigenvalue weighted by Gasteiger charge is -2.25. The molecule has 3 nitrogen and oxygen atoms in total. The Morgan fingerprint density at radius 2 is 1.79 bits per heavy atom. The molecule has 0 heterocycles. The molecule has 0 saturated carbocycles. The lowest BCUT2D eigenvalue weighted by molar-refractivity contribution is -0.137. The van der Waals surface area contributed by atoms with Crippen molar-refractivity contribution in [2.75, 3.05) is 25.1 Å². The fourth-order valence-electron chi connectivity index (χ4n) is 1.31. The highest BCUT2D eigenvalue weighted by molar-refractivity contribution is 6.33. The Bertz CT molecular complexity index is 433. The first kappa shape index (κ1) is 16.1. The van der Waals surface area contributed by atoms with E-state index in [1.807, 2.05) is 0 Å². The molecular weight excluding hydrogens is 283 g/mol. The van der Waals surface area contributed by atoms with Crippen LogP contribution in [-0.2, 0) is 6.18 Å². The van der Waals surface area contributed by atoms with E-state index < -0.39 is 17.2 Å². The number of anilines is 1. The Kier molecular flexibility index (Phi) is 5.06. The van der Waals surface area contributed by atoms with Crippen molar-refractivity contribution in [3.05, 3.63) is 28.8 Å². The summed E-state index contributed by atoms with van der Waals surface area (Å²) in [5, 5.41) is 21.0. The molecule has 0 aromatic heterocycles. The highest BCUT2D eigenvalue weighted by atomic mass is 35.5. The first-order valence-electron chi connectivity index (χ1n) is 5.54. The van der Waals surface area contributed by atoms with E-state index >= 15 is 0 Å². The monoisotopic (exact) mass is 297 g/mol. The topological polar surface area (TPSA) is 52.5 Å². The zero-order valence-electron chi connectivity index (χ0n) is 10.3. The summed E-state index contributed by atoms with van der Waals surface area (Å²) in [7, 11) is 0. The van der Waals surface area contributed by atoms with Gasteiger partial charge in [-0.05, 0) is 18.2 Å². The minimum Gasteiger partial charge on any atom is -0.396 e. The van der Waals surface area contributed by atoms with Crippen LogP contribution >= 0.6 is 11.6 Å². The molecule has 0 spiro atoms. The molecule has 0 atom stereocenters. The van der Waals surface area contributed by atoms with Gasteiger partial charge >= 0.3 is 6.18 Å². The number of rotatable bonds is 5. The third-order valence-corrected chi connectivity index (χ3v) is 3.08. The molecule has 1 aromatic carbocycles. The Morgan fingerprint density at radius 1 is 1.21 bits per heavy atom. The van der Waals surface area contributed by atoms with Gasteiger partial charge in [0.05, 0.1) is 29.5 Å². The van der Waals surface area contributed by atoms with E-state index in [4.69, 9.17) is 21.8 Å². The smallest absolute Gasteiger partial charge is 0.396 e. The Morgan fingerprint density at radius 3 is 2.21 bits per heavy atom. The Hall–Kier alpha value is -0.980. The van der Waals surface area contributed by atoms with Gasteiger partial charge in [-0.15, -0.1) is 0 Å². The maximum Gasteiger partial charge on any atom is 0.416 e. The summed E-state index contributed by atoms with van der Waals surface area (Å²) < 4.78 is 37.3. The van der Waals surface area contributed by atoms with Crippen molar-refractivity contribution in [2.24, 2.45) is 5.41 Å². The summed E-state index contributed by atoms with van der Waals surface area (Å²) in [6, 6.07) is 2.98. The SMILES string of the molecule is CC(CO)(CO)CNc1ccc(C(F)(F)F)cc1Cl. The van der Waals surface area contributed by atoms with E-state index in [0.717, 1.165) is 12.1 Å². The average Bonchev–Trinajstić information content (AvgIpc) is 2.35. The number of aliphatic hydroxyl groups excluding tert-OH is 2. The van der Waals surface area contributed by atoms with Crippen molar-refractivity contribution in [2.45, 2.75) is 13.1 Å². The summed E-state index contributed by atoms with van der Waals surface area (Å²) in [5.41, 5.74) is -1.27. The third-order valence-electron chi connectivity index (χ3n) is 2.77. The summed E-state index contributed by atoms with van der Waals surface area (Å²) in [5.74, 6) is 0. The molecule has 0 amide bonds. The number of halogens is 4. The van der Waals surface area contributed by atoms with Gasteiger partial charge in [-0.2, -0.15) is 13.2 Å². The molecule has 0 saturated heterocycles. The van der Waals surface area contributed by atoms with Gasteiger partial charge in [0, 0.05) is 12.0 Å². The average molecular weight is 298 g/mol. The van der Waals surface area contributed by atoms with Crippen molar-refractivity contribution in [3.8, 4) is 0 Å². The van der Waals surface area contributed by atoms with Crippen molar-refractivity contribution in [3.63, 3.8) is 0 Å². The first-order chi connectivity index (χ1) is 8.72. The van der Waals surface area contributed by atoms with Crippen LogP contribution in [0.3, 0.4) is 0 Å². The van der Waals surface area contributed by atoms with Crippen LogP contribution in [0.15, 0.2) is 18.2 Å². The van der Waals surface area contributed by atoms with Crippen molar-refractivity contribution in [1.29, 1.82) is 0 Å². The zero-order chi connectivity index (χ0) is 14.7. The van der Waals surface area contributed by atoms with Crippen LogP contribution in [0.4, 0.5) is 18.9 Å². The fourth-order valence-corrected chi connectivity index (χ4v) is 1.55. The van der Waals surface area contributed by atoms with Gasteiger partial charge in [0.2, 0.25) is 0 Å². The first-order valence-corrected chi connectivity index (χ1v) is 5.92. The summed E-state index contributed by atoms with van der Waals surface area (Å²) in [6.45, 7) is 1.31. The van der Waals surface area contributed by atoms with Crippen LogP contribution in [0.1, 0.15) is 12.5 Å². The summed E-state index contributed by atoms with van der Waals surface area (Å²) in [6.07, 6.45) is -4.44. The maximum atomic E-state index is 12.4. The molecule has 1 rings (SSSR count). The molecule has 7 heteroatoms. The third kappa shape index (κ3) is 4.26. The van der Waals surface area contributed by atoms with Gasteiger partial charge < -0.3 is 15.5 Å². The molecule has 1 aromatic rings. The number of alkyl halides is 3. The minimum absolute atomic E-state index is 0.0620. The molecule has 0 bridgehead atoms. The number of hydrogen-bond donors (Lipinski definition) is 3. The Balaban J connectivity index is 2.82. The van der Waals surface area contributed by atoms with E-state index in [9.17, 15) is 13.2 Å². The largest absolute Gasteiger partial charge is 0.416 e.